The first-order chi connectivity index (χ1) is 11.6. The number of carbonyl (C=O) groups is 1. The molecule has 0 fully saturated rings. The van der Waals surface area contributed by atoms with E-state index in [1.807, 2.05) is 49.3 Å². The van der Waals surface area contributed by atoms with Gasteiger partial charge in [0.15, 0.2) is 11.5 Å². The quantitative estimate of drug-likeness (QED) is 0.876. The van der Waals surface area contributed by atoms with E-state index in [4.69, 9.17) is 9.47 Å². The van der Waals surface area contributed by atoms with Crippen molar-refractivity contribution in [2.45, 2.75) is 13.1 Å². The van der Waals surface area contributed by atoms with Crippen molar-refractivity contribution in [1.82, 2.24) is 15.6 Å². The molecule has 2 N–H and O–H groups in total. The highest BCUT2D eigenvalue weighted by Crippen LogP contribution is 2.32. The van der Waals surface area contributed by atoms with Crippen LogP contribution in [0.2, 0.25) is 0 Å². The van der Waals surface area contributed by atoms with E-state index in [0.29, 0.717) is 18.8 Å². The fourth-order valence-corrected chi connectivity index (χ4v) is 2.29. The zero-order valence-electron chi connectivity index (χ0n) is 13.7. The number of nitrogens with zero attached hydrogens (tertiary/aromatic N) is 2. The molecule has 2 heterocycles. The molecule has 0 aliphatic carbocycles. The number of carbonyl (C=O) groups excluding carboxylic acids is 1. The summed E-state index contributed by atoms with van der Waals surface area (Å²) in [4.78, 5) is 18.1. The van der Waals surface area contributed by atoms with Crippen LogP contribution in [0.15, 0.2) is 36.5 Å². The fourth-order valence-electron chi connectivity index (χ4n) is 2.29. The Morgan fingerprint density at radius 2 is 1.79 bits per heavy atom. The molecule has 0 atom stereocenters. The summed E-state index contributed by atoms with van der Waals surface area (Å²) >= 11 is 0. The van der Waals surface area contributed by atoms with Crippen LogP contribution in [0.4, 0.5) is 10.6 Å². The average molecular weight is 328 g/mol. The first-order valence-electron chi connectivity index (χ1n) is 7.64. The lowest BCUT2D eigenvalue weighted by molar-refractivity contribution is 0.174. The molecule has 7 heteroatoms. The summed E-state index contributed by atoms with van der Waals surface area (Å²) in [6, 6.07) is 9.21. The molecular formula is C17H20N4O3. The van der Waals surface area contributed by atoms with Gasteiger partial charge < -0.3 is 25.0 Å². The Morgan fingerprint density at radius 1 is 1.08 bits per heavy atom. The molecule has 0 bridgehead atoms. The van der Waals surface area contributed by atoms with Gasteiger partial charge in [-0.15, -0.1) is 0 Å². The number of pyridine rings is 1. The summed E-state index contributed by atoms with van der Waals surface area (Å²) in [5.41, 5.74) is 1.94. The Labute approximate surface area is 140 Å². The molecule has 2 amide bonds. The standard InChI is InChI=1S/C17H20N4O3/c1-21(2)16-8-13(5-6-18-16)10-20-17(22)19-9-12-3-4-14-15(7-12)24-11-23-14/h3-8H,9-11H2,1-2H3,(H2,19,20,22). The van der Waals surface area contributed by atoms with Crippen LogP contribution in [0.25, 0.3) is 0 Å². The molecular weight excluding hydrogens is 308 g/mol. The van der Waals surface area contributed by atoms with Crippen molar-refractivity contribution in [2.75, 3.05) is 25.8 Å². The van der Waals surface area contributed by atoms with Gasteiger partial charge in [-0.2, -0.15) is 0 Å². The monoisotopic (exact) mass is 328 g/mol. The summed E-state index contributed by atoms with van der Waals surface area (Å²) < 4.78 is 10.6. The second-order valence-corrected chi connectivity index (χ2v) is 5.64. The highest BCUT2D eigenvalue weighted by atomic mass is 16.7. The molecule has 2 aromatic rings. The maximum Gasteiger partial charge on any atom is 0.315 e. The maximum atomic E-state index is 11.9. The van der Waals surface area contributed by atoms with Crippen molar-refractivity contribution >= 4 is 11.8 Å². The van der Waals surface area contributed by atoms with E-state index < -0.39 is 0 Å². The Hall–Kier alpha value is -2.96. The summed E-state index contributed by atoms with van der Waals surface area (Å²) in [7, 11) is 3.86. The van der Waals surface area contributed by atoms with Gasteiger partial charge in [0, 0.05) is 33.4 Å². The zero-order valence-corrected chi connectivity index (χ0v) is 13.7. The van der Waals surface area contributed by atoms with Crippen molar-refractivity contribution in [3.8, 4) is 11.5 Å². The molecule has 0 spiro atoms. The predicted molar refractivity (Wildman–Crippen MR) is 90.2 cm³/mol. The summed E-state index contributed by atoms with van der Waals surface area (Å²) in [6.45, 7) is 1.10. The van der Waals surface area contributed by atoms with E-state index in [9.17, 15) is 4.79 Å². The van der Waals surface area contributed by atoms with E-state index in [-0.39, 0.29) is 12.8 Å². The van der Waals surface area contributed by atoms with Gasteiger partial charge >= 0.3 is 6.03 Å². The van der Waals surface area contributed by atoms with Crippen LogP contribution < -0.4 is 25.0 Å². The van der Waals surface area contributed by atoms with E-state index in [1.54, 1.807) is 6.20 Å². The zero-order chi connectivity index (χ0) is 16.9. The van der Waals surface area contributed by atoms with Crippen molar-refractivity contribution in [1.29, 1.82) is 0 Å². The smallest absolute Gasteiger partial charge is 0.315 e. The fraction of sp³-hybridized carbons (Fsp3) is 0.294. The Kier molecular flexibility index (Phi) is 4.69. The molecule has 0 saturated heterocycles. The maximum absolute atomic E-state index is 11.9. The predicted octanol–water partition coefficient (Wildman–Crippen LogP) is 1.88. The minimum absolute atomic E-state index is 0.226. The molecule has 24 heavy (non-hydrogen) atoms. The van der Waals surface area contributed by atoms with Crippen LogP contribution >= 0.6 is 0 Å². The highest BCUT2D eigenvalue weighted by molar-refractivity contribution is 5.73. The van der Waals surface area contributed by atoms with E-state index in [0.717, 1.165) is 22.7 Å². The van der Waals surface area contributed by atoms with Crippen molar-refractivity contribution < 1.29 is 14.3 Å². The van der Waals surface area contributed by atoms with Gasteiger partial charge in [-0.25, -0.2) is 9.78 Å². The highest BCUT2D eigenvalue weighted by Gasteiger charge is 2.13. The van der Waals surface area contributed by atoms with Gasteiger partial charge in [0.05, 0.1) is 0 Å². The lowest BCUT2D eigenvalue weighted by atomic mass is 10.2. The molecule has 3 rings (SSSR count). The molecule has 7 nitrogen and oxygen atoms in total. The van der Waals surface area contributed by atoms with Crippen molar-refractivity contribution in [3.63, 3.8) is 0 Å². The Bertz CT molecular complexity index is 734. The molecule has 0 unspecified atom stereocenters. The van der Waals surface area contributed by atoms with Crippen LogP contribution in [0.5, 0.6) is 11.5 Å². The number of amides is 2. The van der Waals surface area contributed by atoms with Gasteiger partial charge in [-0.1, -0.05) is 6.07 Å². The normalized spacial score (nSPS) is 11.9. The van der Waals surface area contributed by atoms with Gasteiger partial charge in [-0.3, -0.25) is 0 Å². The molecule has 1 aromatic carbocycles. The first kappa shape index (κ1) is 15.9. The number of hydrogen-bond acceptors (Lipinski definition) is 5. The van der Waals surface area contributed by atoms with Crippen molar-refractivity contribution in [3.05, 3.63) is 47.7 Å². The molecule has 1 aromatic heterocycles. The van der Waals surface area contributed by atoms with Crippen LogP contribution in [0, 0.1) is 0 Å². The van der Waals surface area contributed by atoms with Crippen molar-refractivity contribution in [2.24, 2.45) is 0 Å². The molecule has 1 aliphatic heterocycles. The lowest BCUT2D eigenvalue weighted by Crippen LogP contribution is -2.34. The second-order valence-electron chi connectivity index (χ2n) is 5.64. The minimum atomic E-state index is -0.226. The lowest BCUT2D eigenvalue weighted by Gasteiger charge is -2.13. The number of ether oxygens (including phenoxy) is 2. The largest absolute Gasteiger partial charge is 0.454 e. The van der Waals surface area contributed by atoms with Crippen LogP contribution in [0.1, 0.15) is 11.1 Å². The third-order valence-electron chi connectivity index (χ3n) is 3.61. The Morgan fingerprint density at radius 3 is 2.54 bits per heavy atom. The molecule has 0 radical (unpaired) electrons. The van der Waals surface area contributed by atoms with Gasteiger partial charge in [0.1, 0.15) is 5.82 Å². The summed E-state index contributed by atoms with van der Waals surface area (Å²) in [5.74, 6) is 2.30. The Balaban J connectivity index is 1.48. The summed E-state index contributed by atoms with van der Waals surface area (Å²) in [5, 5.41) is 5.66. The number of benzene rings is 1. The van der Waals surface area contributed by atoms with Crippen LogP contribution in [-0.2, 0) is 13.1 Å². The third kappa shape index (κ3) is 3.87. The van der Waals surface area contributed by atoms with Crippen LogP contribution in [-0.4, -0.2) is 31.9 Å². The third-order valence-corrected chi connectivity index (χ3v) is 3.61. The van der Waals surface area contributed by atoms with E-state index in [1.165, 1.54) is 0 Å². The van der Waals surface area contributed by atoms with Gasteiger partial charge in [0.25, 0.3) is 0 Å². The number of nitrogens with one attached hydrogen (secondary N) is 2. The van der Waals surface area contributed by atoms with Crippen LogP contribution in [0.3, 0.4) is 0 Å². The number of urea groups is 1. The summed E-state index contributed by atoms with van der Waals surface area (Å²) in [6.07, 6.45) is 1.73. The molecule has 1 aliphatic rings. The SMILES string of the molecule is CN(C)c1cc(CNC(=O)NCc2ccc3c(c2)OCO3)ccn1. The molecule has 126 valence electrons. The van der Waals surface area contributed by atoms with E-state index >= 15 is 0 Å². The first-order valence-corrected chi connectivity index (χ1v) is 7.64. The topological polar surface area (TPSA) is 75.7 Å². The molecule has 0 saturated carbocycles. The second kappa shape index (κ2) is 7.08. The number of anilines is 1. The van der Waals surface area contributed by atoms with Gasteiger partial charge in [-0.05, 0) is 35.4 Å². The average Bonchev–Trinajstić information content (AvgIpc) is 3.06. The number of hydrogen-bond donors (Lipinski definition) is 2. The number of rotatable bonds is 5. The van der Waals surface area contributed by atoms with E-state index in [2.05, 4.69) is 15.6 Å². The van der Waals surface area contributed by atoms with Gasteiger partial charge in [0.2, 0.25) is 6.79 Å². The minimum Gasteiger partial charge on any atom is -0.454 e. The number of aromatic nitrogens is 1. The number of fused-ring (bicyclic) bond motifs is 1.